The zero-order valence-electron chi connectivity index (χ0n) is 12.6. The summed E-state index contributed by atoms with van der Waals surface area (Å²) in [5, 5.41) is 1.63. The Morgan fingerprint density at radius 1 is 1.26 bits per heavy atom. The predicted octanol–water partition coefficient (Wildman–Crippen LogP) is 3.07. The SMILES string of the molecule is O=P(O)(O)CCC1CCN(c2ncnc3cc(Cl)ccc23)CC1. The summed E-state index contributed by atoms with van der Waals surface area (Å²) < 4.78 is 11.0. The van der Waals surface area contributed by atoms with E-state index in [1.165, 1.54) is 0 Å². The molecule has 0 spiro atoms. The smallest absolute Gasteiger partial charge is 0.325 e. The Hall–Kier alpha value is -1.20. The van der Waals surface area contributed by atoms with E-state index in [9.17, 15) is 4.57 Å². The van der Waals surface area contributed by atoms with Crippen molar-refractivity contribution in [2.75, 3.05) is 24.2 Å². The highest BCUT2D eigenvalue weighted by Gasteiger charge is 2.24. The minimum absolute atomic E-state index is 0.0212. The molecule has 6 nitrogen and oxygen atoms in total. The number of piperidine rings is 1. The molecule has 1 saturated heterocycles. The second-order valence-corrected chi connectivity index (χ2v) is 8.18. The third-order valence-electron chi connectivity index (χ3n) is 4.32. The van der Waals surface area contributed by atoms with Crippen LogP contribution >= 0.6 is 19.2 Å². The van der Waals surface area contributed by atoms with E-state index in [1.807, 2.05) is 18.2 Å². The molecule has 1 aromatic heterocycles. The van der Waals surface area contributed by atoms with Crippen molar-refractivity contribution in [2.24, 2.45) is 5.92 Å². The molecular weight excluding hydrogens is 337 g/mol. The predicted molar refractivity (Wildman–Crippen MR) is 91.0 cm³/mol. The van der Waals surface area contributed by atoms with Gasteiger partial charge in [0, 0.05) is 23.5 Å². The van der Waals surface area contributed by atoms with Crippen molar-refractivity contribution in [3.63, 3.8) is 0 Å². The number of rotatable bonds is 4. The zero-order valence-corrected chi connectivity index (χ0v) is 14.2. The Balaban J connectivity index is 1.69. The van der Waals surface area contributed by atoms with Gasteiger partial charge < -0.3 is 14.7 Å². The maximum absolute atomic E-state index is 11.0. The molecule has 8 heteroatoms. The molecule has 3 rings (SSSR count). The number of aromatic nitrogens is 2. The van der Waals surface area contributed by atoms with Crippen LogP contribution < -0.4 is 4.90 Å². The van der Waals surface area contributed by atoms with Gasteiger partial charge in [-0.2, -0.15) is 0 Å². The average Bonchev–Trinajstić information content (AvgIpc) is 2.52. The molecule has 124 valence electrons. The molecule has 0 bridgehead atoms. The lowest BCUT2D eigenvalue weighted by atomic mass is 9.94. The van der Waals surface area contributed by atoms with Gasteiger partial charge in [0.2, 0.25) is 0 Å². The Bertz CT molecular complexity index is 744. The summed E-state index contributed by atoms with van der Waals surface area (Å²) in [6.07, 6.45) is 3.94. The molecule has 0 radical (unpaired) electrons. The lowest BCUT2D eigenvalue weighted by Crippen LogP contribution is -2.34. The highest BCUT2D eigenvalue weighted by molar-refractivity contribution is 7.51. The Morgan fingerprint density at radius 3 is 2.70 bits per heavy atom. The van der Waals surface area contributed by atoms with Crippen LogP contribution in [0.4, 0.5) is 5.82 Å². The molecule has 1 aliphatic heterocycles. The van der Waals surface area contributed by atoms with E-state index in [2.05, 4.69) is 14.9 Å². The number of benzene rings is 1. The van der Waals surface area contributed by atoms with E-state index in [4.69, 9.17) is 21.4 Å². The lowest BCUT2D eigenvalue weighted by Gasteiger charge is -2.33. The van der Waals surface area contributed by atoms with Gasteiger partial charge >= 0.3 is 7.60 Å². The van der Waals surface area contributed by atoms with Crippen LogP contribution in [0.3, 0.4) is 0 Å². The maximum Gasteiger partial charge on any atom is 0.325 e. The van der Waals surface area contributed by atoms with Gasteiger partial charge in [0.25, 0.3) is 0 Å². The molecule has 1 fully saturated rings. The van der Waals surface area contributed by atoms with Crippen molar-refractivity contribution in [3.8, 4) is 0 Å². The van der Waals surface area contributed by atoms with Gasteiger partial charge in [0.15, 0.2) is 0 Å². The van der Waals surface area contributed by atoms with Crippen LogP contribution in [0.5, 0.6) is 0 Å². The number of fused-ring (bicyclic) bond motifs is 1. The first kappa shape index (κ1) is 16.7. The summed E-state index contributed by atoms with van der Waals surface area (Å²) in [5.74, 6) is 1.27. The van der Waals surface area contributed by atoms with Gasteiger partial charge in [0.05, 0.1) is 11.7 Å². The lowest BCUT2D eigenvalue weighted by molar-refractivity contribution is 0.350. The van der Waals surface area contributed by atoms with Gasteiger partial charge in [0.1, 0.15) is 12.1 Å². The molecule has 0 saturated carbocycles. The van der Waals surface area contributed by atoms with Crippen LogP contribution in [0.2, 0.25) is 5.02 Å². The van der Waals surface area contributed by atoms with Crippen LogP contribution in [0.25, 0.3) is 10.9 Å². The van der Waals surface area contributed by atoms with Crippen molar-refractivity contribution in [3.05, 3.63) is 29.5 Å². The number of hydrogen-bond acceptors (Lipinski definition) is 4. The van der Waals surface area contributed by atoms with E-state index in [0.29, 0.717) is 17.4 Å². The van der Waals surface area contributed by atoms with Crippen molar-refractivity contribution in [1.29, 1.82) is 0 Å². The standard InChI is InChI=1S/C15H19ClN3O3P/c16-12-1-2-13-14(9-12)17-10-18-15(13)19-6-3-11(4-7-19)5-8-23(20,21)22/h1-2,9-11H,3-8H2,(H2,20,21,22). The van der Waals surface area contributed by atoms with E-state index in [0.717, 1.165) is 42.7 Å². The molecule has 2 N–H and O–H groups in total. The summed E-state index contributed by atoms with van der Waals surface area (Å²) in [6.45, 7) is 1.67. The number of halogens is 1. The first-order valence-corrected chi connectivity index (χ1v) is 9.80. The van der Waals surface area contributed by atoms with Crippen molar-refractivity contribution in [1.82, 2.24) is 9.97 Å². The quantitative estimate of drug-likeness (QED) is 0.820. The number of nitrogens with zero attached hydrogens (tertiary/aromatic N) is 3. The Morgan fingerprint density at radius 2 is 2.00 bits per heavy atom. The van der Waals surface area contributed by atoms with Crippen molar-refractivity contribution in [2.45, 2.75) is 19.3 Å². The molecule has 0 aliphatic carbocycles. The van der Waals surface area contributed by atoms with Gasteiger partial charge in [-0.3, -0.25) is 4.57 Å². The Labute approximate surface area is 139 Å². The van der Waals surface area contributed by atoms with E-state index < -0.39 is 7.60 Å². The third kappa shape index (κ3) is 4.21. The van der Waals surface area contributed by atoms with Crippen LogP contribution in [-0.2, 0) is 4.57 Å². The number of anilines is 1. The average molecular weight is 356 g/mol. The minimum atomic E-state index is -3.89. The zero-order chi connectivity index (χ0) is 16.4. The Kier molecular flexibility index (Phi) is 4.87. The highest BCUT2D eigenvalue weighted by Crippen LogP contribution is 2.38. The molecular formula is C15H19ClN3O3P. The van der Waals surface area contributed by atoms with Gasteiger partial charge in [-0.1, -0.05) is 11.6 Å². The molecule has 0 amide bonds. The van der Waals surface area contributed by atoms with Crippen molar-refractivity contribution >= 4 is 35.9 Å². The summed E-state index contributed by atoms with van der Waals surface area (Å²) in [5.41, 5.74) is 0.825. The summed E-state index contributed by atoms with van der Waals surface area (Å²) in [6, 6.07) is 5.60. The van der Waals surface area contributed by atoms with Crippen molar-refractivity contribution < 1.29 is 14.4 Å². The fraction of sp³-hybridized carbons (Fsp3) is 0.467. The normalized spacial score (nSPS) is 16.9. The fourth-order valence-corrected chi connectivity index (χ4v) is 3.92. The van der Waals surface area contributed by atoms with E-state index in [-0.39, 0.29) is 6.16 Å². The second-order valence-electron chi connectivity index (χ2n) is 5.97. The van der Waals surface area contributed by atoms with Gasteiger partial charge in [-0.05, 0) is 43.4 Å². The topological polar surface area (TPSA) is 86.5 Å². The molecule has 0 unspecified atom stereocenters. The first-order chi connectivity index (χ1) is 10.9. The molecule has 2 heterocycles. The number of hydrogen-bond donors (Lipinski definition) is 2. The van der Waals surface area contributed by atoms with E-state index in [1.54, 1.807) is 6.33 Å². The summed E-state index contributed by atoms with van der Waals surface area (Å²) in [4.78, 5) is 28.9. The molecule has 1 aromatic carbocycles. The van der Waals surface area contributed by atoms with Crippen LogP contribution in [0, 0.1) is 5.92 Å². The molecule has 23 heavy (non-hydrogen) atoms. The third-order valence-corrected chi connectivity index (χ3v) is 5.40. The summed E-state index contributed by atoms with van der Waals surface area (Å²) >= 11 is 6.01. The highest BCUT2D eigenvalue weighted by atomic mass is 35.5. The van der Waals surface area contributed by atoms with Crippen LogP contribution in [0.1, 0.15) is 19.3 Å². The van der Waals surface area contributed by atoms with Gasteiger partial charge in [-0.25, -0.2) is 9.97 Å². The maximum atomic E-state index is 11.0. The monoisotopic (exact) mass is 355 g/mol. The second kappa shape index (κ2) is 6.73. The van der Waals surface area contributed by atoms with Gasteiger partial charge in [-0.15, -0.1) is 0 Å². The largest absolute Gasteiger partial charge is 0.356 e. The molecule has 1 aliphatic rings. The van der Waals surface area contributed by atoms with Crippen LogP contribution in [-0.4, -0.2) is 39.0 Å². The molecule has 0 atom stereocenters. The van der Waals surface area contributed by atoms with Crippen LogP contribution in [0.15, 0.2) is 24.5 Å². The summed E-state index contributed by atoms with van der Waals surface area (Å²) in [7, 11) is -3.89. The first-order valence-electron chi connectivity index (χ1n) is 7.62. The van der Waals surface area contributed by atoms with E-state index >= 15 is 0 Å². The fourth-order valence-electron chi connectivity index (χ4n) is 3.05. The minimum Gasteiger partial charge on any atom is -0.356 e. The molecule has 2 aromatic rings.